The van der Waals surface area contributed by atoms with E-state index in [-0.39, 0.29) is 0 Å². The fourth-order valence-corrected chi connectivity index (χ4v) is 2.95. The number of hydrogen-bond acceptors (Lipinski definition) is 3. The van der Waals surface area contributed by atoms with Gasteiger partial charge in [-0.15, -0.1) is 11.3 Å². The minimum atomic E-state index is -0.410. The minimum Gasteiger partial charge on any atom is -0.387 e. The molecule has 0 saturated heterocycles. The molecule has 1 heterocycles. The molecule has 2 nitrogen and oxygen atoms in total. The summed E-state index contributed by atoms with van der Waals surface area (Å²) < 4.78 is 0. The Balaban J connectivity index is 1.96. The standard InChI is InChI=1S/C16H21NOS/c1-2-10-17(12-15-9-6-11-19-15)13-16(18)14-7-4-3-5-8-14/h3-9,11,16,18H,2,10,12-13H2,1H3. The quantitative estimate of drug-likeness (QED) is 0.833. The van der Waals surface area contributed by atoms with Crippen LogP contribution in [0.5, 0.6) is 0 Å². The highest BCUT2D eigenvalue weighted by Crippen LogP contribution is 2.17. The van der Waals surface area contributed by atoms with Crippen LogP contribution in [0.1, 0.15) is 29.9 Å². The Morgan fingerprint density at radius 3 is 2.58 bits per heavy atom. The zero-order valence-corrected chi connectivity index (χ0v) is 12.1. The summed E-state index contributed by atoms with van der Waals surface area (Å²) in [5.41, 5.74) is 0.995. The second kappa shape index (κ2) is 7.43. The molecule has 0 radical (unpaired) electrons. The van der Waals surface area contributed by atoms with Gasteiger partial charge in [0.15, 0.2) is 0 Å². The molecular formula is C16H21NOS. The third-order valence-corrected chi connectivity index (χ3v) is 3.98. The average Bonchev–Trinajstić information content (AvgIpc) is 2.93. The van der Waals surface area contributed by atoms with Gasteiger partial charge in [-0.1, -0.05) is 43.3 Å². The normalized spacial score (nSPS) is 12.8. The molecule has 0 aliphatic heterocycles. The van der Waals surface area contributed by atoms with Gasteiger partial charge in [0.05, 0.1) is 6.10 Å². The van der Waals surface area contributed by atoms with Crippen molar-refractivity contribution >= 4 is 11.3 Å². The Morgan fingerprint density at radius 1 is 1.16 bits per heavy atom. The molecule has 0 bridgehead atoms. The van der Waals surface area contributed by atoms with Crippen molar-refractivity contribution in [3.05, 3.63) is 58.3 Å². The van der Waals surface area contributed by atoms with Crippen LogP contribution in [0.25, 0.3) is 0 Å². The number of aliphatic hydroxyl groups is 1. The Bertz CT molecular complexity index is 455. The van der Waals surface area contributed by atoms with E-state index in [0.717, 1.165) is 25.1 Å². The Hall–Kier alpha value is -1.16. The minimum absolute atomic E-state index is 0.410. The van der Waals surface area contributed by atoms with Crippen molar-refractivity contribution in [1.82, 2.24) is 4.90 Å². The topological polar surface area (TPSA) is 23.5 Å². The molecule has 3 heteroatoms. The van der Waals surface area contributed by atoms with Crippen LogP contribution in [-0.4, -0.2) is 23.1 Å². The summed E-state index contributed by atoms with van der Waals surface area (Å²) in [4.78, 5) is 3.68. The summed E-state index contributed by atoms with van der Waals surface area (Å²) in [6.07, 6.45) is 0.695. The van der Waals surface area contributed by atoms with E-state index in [4.69, 9.17) is 0 Å². The third-order valence-electron chi connectivity index (χ3n) is 3.11. The van der Waals surface area contributed by atoms with E-state index in [9.17, 15) is 5.11 Å². The first-order valence-corrected chi connectivity index (χ1v) is 7.65. The largest absolute Gasteiger partial charge is 0.387 e. The first kappa shape index (κ1) is 14.3. The summed E-state index contributed by atoms with van der Waals surface area (Å²) in [6.45, 7) is 4.81. The lowest BCUT2D eigenvalue weighted by molar-refractivity contribution is 0.109. The first-order chi connectivity index (χ1) is 9.29. The van der Waals surface area contributed by atoms with Gasteiger partial charge < -0.3 is 5.11 Å². The van der Waals surface area contributed by atoms with E-state index < -0.39 is 6.10 Å². The van der Waals surface area contributed by atoms with E-state index in [1.165, 1.54) is 4.88 Å². The molecule has 2 rings (SSSR count). The predicted molar refractivity (Wildman–Crippen MR) is 81.3 cm³/mol. The lowest BCUT2D eigenvalue weighted by atomic mass is 10.1. The molecule has 2 aromatic rings. The van der Waals surface area contributed by atoms with Gasteiger partial charge in [-0.3, -0.25) is 4.90 Å². The SMILES string of the molecule is CCCN(Cc1cccs1)CC(O)c1ccccc1. The third kappa shape index (κ3) is 4.46. The highest BCUT2D eigenvalue weighted by atomic mass is 32.1. The van der Waals surface area contributed by atoms with E-state index in [1.54, 1.807) is 11.3 Å². The highest BCUT2D eigenvalue weighted by molar-refractivity contribution is 7.09. The maximum atomic E-state index is 10.3. The van der Waals surface area contributed by atoms with Crippen LogP contribution >= 0.6 is 11.3 Å². The summed E-state index contributed by atoms with van der Waals surface area (Å²) in [6, 6.07) is 14.1. The van der Waals surface area contributed by atoms with Crippen molar-refractivity contribution in [2.45, 2.75) is 26.0 Å². The van der Waals surface area contributed by atoms with E-state index in [0.29, 0.717) is 6.54 Å². The molecule has 0 saturated carbocycles. The van der Waals surface area contributed by atoms with Crippen LogP contribution in [-0.2, 0) is 6.54 Å². The van der Waals surface area contributed by atoms with Crippen molar-refractivity contribution in [1.29, 1.82) is 0 Å². The summed E-state index contributed by atoms with van der Waals surface area (Å²) >= 11 is 1.78. The fourth-order valence-electron chi connectivity index (χ4n) is 2.20. The number of hydrogen-bond donors (Lipinski definition) is 1. The molecular weight excluding hydrogens is 254 g/mol. The van der Waals surface area contributed by atoms with Crippen molar-refractivity contribution in [3.63, 3.8) is 0 Å². The number of rotatable bonds is 7. The van der Waals surface area contributed by atoms with Crippen LogP contribution in [0.15, 0.2) is 47.8 Å². The zero-order chi connectivity index (χ0) is 13.5. The Morgan fingerprint density at radius 2 is 1.95 bits per heavy atom. The smallest absolute Gasteiger partial charge is 0.0917 e. The maximum absolute atomic E-state index is 10.3. The Kier molecular flexibility index (Phi) is 5.58. The van der Waals surface area contributed by atoms with Crippen LogP contribution in [0.3, 0.4) is 0 Å². The van der Waals surface area contributed by atoms with Gasteiger partial charge in [-0.2, -0.15) is 0 Å². The number of nitrogens with zero attached hydrogens (tertiary/aromatic N) is 1. The van der Waals surface area contributed by atoms with Gasteiger partial charge >= 0.3 is 0 Å². The van der Waals surface area contributed by atoms with Gasteiger partial charge in [0.25, 0.3) is 0 Å². The first-order valence-electron chi connectivity index (χ1n) is 6.77. The second-order valence-corrected chi connectivity index (χ2v) is 5.77. The van der Waals surface area contributed by atoms with E-state index in [1.807, 2.05) is 30.3 Å². The molecule has 0 aliphatic carbocycles. The number of thiophene rings is 1. The number of benzene rings is 1. The number of aliphatic hydroxyl groups excluding tert-OH is 1. The van der Waals surface area contributed by atoms with Crippen molar-refractivity contribution < 1.29 is 5.11 Å². The van der Waals surface area contributed by atoms with Crippen LogP contribution in [0.2, 0.25) is 0 Å². The zero-order valence-electron chi connectivity index (χ0n) is 11.3. The molecule has 102 valence electrons. The summed E-state index contributed by atoms with van der Waals surface area (Å²) in [5.74, 6) is 0. The average molecular weight is 275 g/mol. The summed E-state index contributed by atoms with van der Waals surface area (Å²) in [5, 5.41) is 12.4. The van der Waals surface area contributed by atoms with Crippen molar-refractivity contribution in [2.75, 3.05) is 13.1 Å². The van der Waals surface area contributed by atoms with Gasteiger partial charge in [-0.05, 0) is 30.0 Å². The molecule has 1 N–H and O–H groups in total. The molecule has 0 fully saturated rings. The molecule has 1 unspecified atom stereocenters. The monoisotopic (exact) mass is 275 g/mol. The molecule has 0 spiro atoms. The van der Waals surface area contributed by atoms with E-state index in [2.05, 4.69) is 29.3 Å². The highest BCUT2D eigenvalue weighted by Gasteiger charge is 2.13. The lowest BCUT2D eigenvalue weighted by Crippen LogP contribution is -2.28. The van der Waals surface area contributed by atoms with Gasteiger partial charge in [0, 0.05) is 18.0 Å². The molecule has 1 aromatic heterocycles. The second-order valence-electron chi connectivity index (χ2n) is 4.74. The van der Waals surface area contributed by atoms with Crippen LogP contribution in [0.4, 0.5) is 0 Å². The van der Waals surface area contributed by atoms with Gasteiger partial charge in [0.2, 0.25) is 0 Å². The maximum Gasteiger partial charge on any atom is 0.0917 e. The summed E-state index contributed by atoms with van der Waals surface area (Å²) in [7, 11) is 0. The predicted octanol–water partition coefficient (Wildman–Crippen LogP) is 3.69. The molecule has 1 atom stereocenters. The van der Waals surface area contributed by atoms with Gasteiger partial charge in [0.1, 0.15) is 0 Å². The fraction of sp³-hybridized carbons (Fsp3) is 0.375. The molecule has 0 amide bonds. The van der Waals surface area contributed by atoms with Crippen LogP contribution < -0.4 is 0 Å². The van der Waals surface area contributed by atoms with E-state index >= 15 is 0 Å². The lowest BCUT2D eigenvalue weighted by Gasteiger charge is -2.24. The van der Waals surface area contributed by atoms with Gasteiger partial charge in [-0.25, -0.2) is 0 Å². The molecule has 0 aliphatic rings. The van der Waals surface area contributed by atoms with Crippen LogP contribution in [0, 0.1) is 0 Å². The Labute approximate surface area is 119 Å². The molecule has 19 heavy (non-hydrogen) atoms. The van der Waals surface area contributed by atoms with Crippen molar-refractivity contribution in [2.24, 2.45) is 0 Å². The van der Waals surface area contributed by atoms with Crippen molar-refractivity contribution in [3.8, 4) is 0 Å². The molecule has 1 aromatic carbocycles.